The largest absolute Gasteiger partial charge is 0.439 e. The van der Waals surface area contributed by atoms with Crippen LogP contribution in [-0.4, -0.2) is 51.8 Å². The molecule has 0 aliphatic carbocycles. The third-order valence-corrected chi connectivity index (χ3v) is 6.48. The second kappa shape index (κ2) is 9.13. The van der Waals surface area contributed by atoms with E-state index >= 15 is 0 Å². The fourth-order valence-corrected chi connectivity index (χ4v) is 4.51. The first kappa shape index (κ1) is 24.4. The van der Waals surface area contributed by atoms with Gasteiger partial charge in [-0.15, -0.1) is 0 Å². The molecule has 182 valence electrons. The van der Waals surface area contributed by atoms with Gasteiger partial charge in [0.25, 0.3) is 17.7 Å². The Labute approximate surface area is 205 Å². The number of cyclic esters (lactones) is 1. The number of carbonyl (C=O) groups excluding carboxylic acids is 4. The molecule has 1 fully saturated rings. The van der Waals surface area contributed by atoms with E-state index < -0.39 is 23.2 Å². The van der Waals surface area contributed by atoms with Crippen LogP contribution in [0.15, 0.2) is 66.7 Å². The number of imide groups is 1. The average molecular weight is 475 g/mol. The van der Waals surface area contributed by atoms with E-state index in [9.17, 15) is 19.2 Å². The summed E-state index contributed by atoms with van der Waals surface area (Å²) in [6.45, 7) is 7.75. The Bertz CT molecular complexity index is 1160. The molecule has 3 amide bonds. The van der Waals surface area contributed by atoms with Crippen LogP contribution in [0.3, 0.4) is 0 Å². The molecule has 7 nitrogen and oxygen atoms in total. The van der Waals surface area contributed by atoms with Crippen molar-refractivity contribution in [2.24, 2.45) is 5.41 Å². The van der Waals surface area contributed by atoms with Crippen molar-refractivity contribution in [1.82, 2.24) is 9.80 Å². The Hall–Kier alpha value is -3.74. The molecule has 2 aromatic rings. The van der Waals surface area contributed by atoms with E-state index in [1.54, 1.807) is 60.4 Å². The molecular formula is C28H30N2O5. The molecule has 4 rings (SSSR count). The van der Waals surface area contributed by atoms with Gasteiger partial charge in [0.1, 0.15) is 5.54 Å². The minimum absolute atomic E-state index is 0.237. The lowest BCUT2D eigenvalue weighted by molar-refractivity contribution is -0.148. The van der Waals surface area contributed by atoms with Crippen LogP contribution in [-0.2, 0) is 9.53 Å². The van der Waals surface area contributed by atoms with Crippen molar-refractivity contribution < 1.29 is 23.9 Å². The normalized spacial score (nSPS) is 22.2. The highest BCUT2D eigenvalue weighted by Crippen LogP contribution is 2.40. The van der Waals surface area contributed by atoms with E-state index in [0.717, 1.165) is 0 Å². The van der Waals surface area contributed by atoms with Crippen molar-refractivity contribution in [1.29, 1.82) is 0 Å². The van der Waals surface area contributed by atoms with Gasteiger partial charge in [0.2, 0.25) is 0 Å². The van der Waals surface area contributed by atoms with Gasteiger partial charge in [-0.25, -0.2) is 4.79 Å². The standard InChI is InChI=1S/C28H30N2O5/c1-27(2,3)25-30(22(31)19-13-7-5-8-14-19)28(4,26(34)35-25)17-11-6-12-18-29-23(32)20-15-9-10-16-21(20)24(29)33/h5-11,13-16,25H,12,17-18H2,1-4H3/b11-6+. The summed E-state index contributed by atoms with van der Waals surface area (Å²) in [5.41, 5.74) is -0.331. The van der Waals surface area contributed by atoms with Gasteiger partial charge >= 0.3 is 5.97 Å². The highest BCUT2D eigenvalue weighted by molar-refractivity contribution is 6.21. The summed E-state index contributed by atoms with van der Waals surface area (Å²) < 4.78 is 5.73. The molecule has 2 unspecified atom stereocenters. The van der Waals surface area contributed by atoms with Gasteiger partial charge < -0.3 is 4.74 Å². The summed E-state index contributed by atoms with van der Waals surface area (Å²) in [4.78, 5) is 54.4. The molecule has 35 heavy (non-hydrogen) atoms. The third-order valence-electron chi connectivity index (χ3n) is 6.48. The molecule has 0 aromatic heterocycles. The van der Waals surface area contributed by atoms with Crippen molar-refractivity contribution in [3.05, 3.63) is 83.4 Å². The van der Waals surface area contributed by atoms with Crippen molar-refractivity contribution in [3.63, 3.8) is 0 Å². The molecule has 0 bridgehead atoms. The molecule has 0 spiro atoms. The van der Waals surface area contributed by atoms with Gasteiger partial charge in [-0.2, -0.15) is 0 Å². The van der Waals surface area contributed by atoms with E-state index in [0.29, 0.717) is 23.1 Å². The van der Waals surface area contributed by atoms with Gasteiger partial charge in [-0.1, -0.05) is 63.3 Å². The quantitative estimate of drug-likeness (QED) is 0.351. The summed E-state index contributed by atoms with van der Waals surface area (Å²) >= 11 is 0. The molecule has 2 aliphatic heterocycles. The van der Waals surface area contributed by atoms with E-state index in [1.165, 1.54) is 4.90 Å². The maximum Gasteiger partial charge on any atom is 0.334 e. The van der Waals surface area contributed by atoms with E-state index in [1.807, 2.05) is 39.0 Å². The van der Waals surface area contributed by atoms with Crippen molar-refractivity contribution >= 4 is 23.7 Å². The van der Waals surface area contributed by atoms with Crippen LogP contribution in [0.5, 0.6) is 0 Å². The van der Waals surface area contributed by atoms with Crippen LogP contribution in [0.2, 0.25) is 0 Å². The Kier molecular flexibility index (Phi) is 6.36. The third kappa shape index (κ3) is 4.38. The molecule has 1 saturated heterocycles. The summed E-state index contributed by atoms with van der Waals surface area (Å²) in [5, 5.41) is 0. The van der Waals surface area contributed by atoms with E-state index in [-0.39, 0.29) is 30.7 Å². The first-order valence-corrected chi connectivity index (χ1v) is 11.8. The lowest BCUT2D eigenvalue weighted by Gasteiger charge is -2.38. The lowest BCUT2D eigenvalue weighted by Crippen LogP contribution is -2.54. The topological polar surface area (TPSA) is 84.0 Å². The minimum atomic E-state index is -1.18. The SMILES string of the molecule is CC(C)(C)C1OC(=O)C(C)(C/C=C/CCN2C(=O)c3ccccc3C2=O)N1C(=O)c1ccccc1. The molecule has 0 saturated carbocycles. The molecular weight excluding hydrogens is 444 g/mol. The number of rotatable bonds is 6. The summed E-state index contributed by atoms with van der Waals surface area (Å²) in [6.07, 6.45) is 3.62. The zero-order valence-corrected chi connectivity index (χ0v) is 20.5. The minimum Gasteiger partial charge on any atom is -0.439 e. The maximum atomic E-state index is 13.5. The number of ether oxygens (including phenoxy) is 1. The van der Waals surface area contributed by atoms with E-state index in [4.69, 9.17) is 4.74 Å². The van der Waals surface area contributed by atoms with Gasteiger partial charge in [0.15, 0.2) is 6.23 Å². The van der Waals surface area contributed by atoms with Crippen LogP contribution in [0.4, 0.5) is 0 Å². The second-order valence-corrected chi connectivity index (χ2v) is 10.2. The summed E-state index contributed by atoms with van der Waals surface area (Å²) in [6, 6.07) is 15.6. The number of esters is 1. The number of fused-ring (bicyclic) bond motifs is 1. The molecule has 2 atom stereocenters. The van der Waals surface area contributed by atoms with Crippen molar-refractivity contribution in [2.45, 2.75) is 52.3 Å². The number of carbonyl (C=O) groups is 4. The lowest BCUT2D eigenvalue weighted by atomic mass is 9.89. The first-order valence-electron chi connectivity index (χ1n) is 11.8. The molecule has 2 aliphatic rings. The number of amides is 3. The Morgan fingerprint density at radius 1 is 0.943 bits per heavy atom. The summed E-state index contributed by atoms with van der Waals surface area (Å²) in [7, 11) is 0. The van der Waals surface area contributed by atoms with Gasteiger partial charge in [0, 0.05) is 17.5 Å². The fourth-order valence-electron chi connectivity index (χ4n) is 4.51. The number of benzene rings is 2. The molecule has 0 radical (unpaired) electrons. The highest BCUT2D eigenvalue weighted by Gasteiger charge is 2.57. The number of hydrogen-bond donors (Lipinski definition) is 0. The summed E-state index contributed by atoms with van der Waals surface area (Å²) in [5.74, 6) is -1.30. The van der Waals surface area contributed by atoms with Gasteiger partial charge in [0.05, 0.1) is 11.1 Å². The van der Waals surface area contributed by atoms with Crippen LogP contribution >= 0.6 is 0 Å². The van der Waals surface area contributed by atoms with Crippen molar-refractivity contribution in [3.8, 4) is 0 Å². The zero-order valence-electron chi connectivity index (χ0n) is 20.5. The monoisotopic (exact) mass is 474 g/mol. The maximum absolute atomic E-state index is 13.5. The Morgan fingerprint density at radius 3 is 2.09 bits per heavy atom. The predicted octanol–water partition coefficient (Wildman–Crippen LogP) is 4.45. The van der Waals surface area contributed by atoms with Crippen molar-refractivity contribution in [2.75, 3.05) is 6.54 Å². The molecule has 0 N–H and O–H groups in total. The molecule has 2 aromatic carbocycles. The van der Waals surface area contributed by atoms with Gasteiger partial charge in [-0.05, 0) is 44.0 Å². The van der Waals surface area contributed by atoms with Crippen LogP contribution in [0.25, 0.3) is 0 Å². The smallest absolute Gasteiger partial charge is 0.334 e. The first-order chi connectivity index (χ1) is 16.6. The number of nitrogens with zero attached hydrogens (tertiary/aromatic N) is 2. The van der Waals surface area contributed by atoms with E-state index in [2.05, 4.69) is 0 Å². The Morgan fingerprint density at radius 2 is 1.51 bits per heavy atom. The predicted molar refractivity (Wildman–Crippen MR) is 131 cm³/mol. The van der Waals surface area contributed by atoms with Crippen LogP contribution in [0, 0.1) is 5.41 Å². The average Bonchev–Trinajstić information content (AvgIpc) is 3.24. The fraction of sp³-hybridized carbons (Fsp3) is 0.357. The Balaban J connectivity index is 1.48. The zero-order chi connectivity index (χ0) is 25.4. The number of hydrogen-bond acceptors (Lipinski definition) is 5. The molecule has 2 heterocycles. The van der Waals surface area contributed by atoms with Crippen LogP contribution in [0.1, 0.15) is 71.6 Å². The molecule has 7 heteroatoms. The second-order valence-electron chi connectivity index (χ2n) is 10.2. The van der Waals surface area contributed by atoms with Gasteiger partial charge in [-0.3, -0.25) is 24.2 Å². The highest BCUT2D eigenvalue weighted by atomic mass is 16.6. The van der Waals surface area contributed by atoms with Crippen LogP contribution < -0.4 is 0 Å².